The Morgan fingerprint density at radius 2 is 2.22 bits per heavy atom. The zero-order chi connectivity index (χ0) is 13.2. The van der Waals surface area contributed by atoms with Crippen molar-refractivity contribution in [3.05, 3.63) is 0 Å². The zero-order valence-corrected chi connectivity index (χ0v) is 11.4. The molecular weight excluding hydrogens is 248 g/mol. The van der Waals surface area contributed by atoms with Crippen LogP contribution < -0.4 is 5.32 Å². The van der Waals surface area contributed by atoms with E-state index in [-0.39, 0.29) is 17.7 Å². The Bertz CT molecular complexity index is 404. The molecule has 0 bridgehead atoms. The quantitative estimate of drug-likeness (QED) is 0.588. The lowest BCUT2D eigenvalue weighted by molar-refractivity contribution is -0.126. The fourth-order valence-corrected chi connectivity index (χ4v) is 4.42. The Hall–Kier alpha value is -1.02. The molecule has 1 saturated carbocycles. The van der Waals surface area contributed by atoms with Gasteiger partial charge in [-0.25, -0.2) is 0 Å². The molecule has 1 heterocycles. The van der Waals surface area contributed by atoms with Gasteiger partial charge in [-0.1, -0.05) is 26.2 Å². The van der Waals surface area contributed by atoms with Crippen LogP contribution in [-0.2, 0) is 9.59 Å². The minimum atomic E-state index is -0.621. The number of amides is 2. The molecule has 2 amide bonds. The lowest BCUT2D eigenvalue weighted by Crippen LogP contribution is -2.53. The summed E-state index contributed by atoms with van der Waals surface area (Å²) in [5.41, 5.74) is 0. The maximum Gasteiger partial charge on any atom is 0.243 e. The Labute approximate surface area is 111 Å². The standard InChI is InChI=1S/C13H18N2O2S/c1-2-3-4-5-6-18-13-7-9(8-14)10(13)11(16)15-12(13)17/h9-10H,2-7H2,1H3,(H,15,16,17)/t9-,10-,13?/m0/s1. The van der Waals surface area contributed by atoms with Gasteiger partial charge in [0.25, 0.3) is 0 Å². The van der Waals surface area contributed by atoms with Crippen LogP contribution in [0.15, 0.2) is 0 Å². The van der Waals surface area contributed by atoms with Gasteiger partial charge in [-0.15, -0.1) is 11.8 Å². The number of nitrogens with one attached hydrogen (secondary N) is 1. The average molecular weight is 266 g/mol. The van der Waals surface area contributed by atoms with Crippen molar-refractivity contribution < 1.29 is 9.59 Å². The number of rotatable bonds is 6. The Kier molecular flexibility index (Phi) is 3.96. The topological polar surface area (TPSA) is 70.0 Å². The number of hydrogen-bond acceptors (Lipinski definition) is 4. The van der Waals surface area contributed by atoms with Gasteiger partial charge in [0, 0.05) is 0 Å². The van der Waals surface area contributed by atoms with Crippen LogP contribution in [0, 0.1) is 23.2 Å². The fourth-order valence-electron chi connectivity index (χ4n) is 2.78. The van der Waals surface area contributed by atoms with Crippen molar-refractivity contribution in [3.8, 4) is 6.07 Å². The maximum absolute atomic E-state index is 11.9. The molecule has 1 unspecified atom stereocenters. The van der Waals surface area contributed by atoms with Crippen LogP contribution in [0.2, 0.25) is 0 Å². The lowest BCUT2D eigenvalue weighted by Gasteiger charge is -2.43. The van der Waals surface area contributed by atoms with Gasteiger partial charge >= 0.3 is 0 Å². The summed E-state index contributed by atoms with van der Waals surface area (Å²) in [7, 11) is 0. The second-order valence-electron chi connectivity index (χ2n) is 5.03. The third-order valence-electron chi connectivity index (χ3n) is 3.85. The molecule has 1 aliphatic carbocycles. The molecule has 5 heteroatoms. The summed E-state index contributed by atoms with van der Waals surface area (Å²) >= 11 is 1.58. The van der Waals surface area contributed by atoms with Gasteiger partial charge in [0.2, 0.25) is 11.8 Å². The molecule has 3 atom stereocenters. The number of imide groups is 1. The van der Waals surface area contributed by atoms with E-state index in [9.17, 15) is 9.59 Å². The first-order valence-electron chi connectivity index (χ1n) is 6.54. The van der Waals surface area contributed by atoms with Crippen molar-refractivity contribution in [2.24, 2.45) is 11.8 Å². The molecule has 0 aromatic heterocycles. The van der Waals surface area contributed by atoms with Crippen molar-refractivity contribution in [1.82, 2.24) is 5.32 Å². The van der Waals surface area contributed by atoms with Crippen molar-refractivity contribution in [2.75, 3.05) is 5.75 Å². The molecule has 4 nitrogen and oxygen atoms in total. The summed E-state index contributed by atoms with van der Waals surface area (Å²) in [6.07, 6.45) is 5.17. The molecule has 0 aromatic rings. The maximum atomic E-state index is 11.9. The number of fused-ring (bicyclic) bond motifs is 1. The van der Waals surface area contributed by atoms with E-state index in [4.69, 9.17) is 5.26 Å². The second-order valence-corrected chi connectivity index (χ2v) is 6.46. The molecule has 98 valence electrons. The third-order valence-corrected chi connectivity index (χ3v) is 5.47. The van der Waals surface area contributed by atoms with Crippen molar-refractivity contribution >= 4 is 23.6 Å². The number of carbonyl (C=O) groups excluding carboxylic acids is 2. The molecule has 2 rings (SSSR count). The molecule has 0 radical (unpaired) electrons. The van der Waals surface area contributed by atoms with Crippen molar-refractivity contribution in [2.45, 2.75) is 43.8 Å². The summed E-state index contributed by atoms with van der Waals surface area (Å²) in [5.74, 6) is -0.218. The number of unbranched alkanes of at least 4 members (excludes halogenated alkanes) is 3. The number of carbonyl (C=O) groups is 2. The fraction of sp³-hybridized carbons (Fsp3) is 0.769. The van der Waals surface area contributed by atoms with E-state index in [2.05, 4.69) is 18.3 Å². The van der Waals surface area contributed by atoms with E-state index in [1.807, 2.05) is 0 Å². The van der Waals surface area contributed by atoms with Gasteiger partial charge in [-0.2, -0.15) is 5.26 Å². The first-order valence-corrected chi connectivity index (χ1v) is 7.53. The smallest absolute Gasteiger partial charge is 0.243 e. The van der Waals surface area contributed by atoms with Crippen LogP contribution in [0.5, 0.6) is 0 Å². The molecular formula is C13H18N2O2S. The summed E-state index contributed by atoms with van der Waals surface area (Å²) < 4.78 is -0.621. The summed E-state index contributed by atoms with van der Waals surface area (Å²) in [5, 5.41) is 11.3. The second kappa shape index (κ2) is 5.31. The SMILES string of the molecule is CCCCCCSC12C[C@@H](C#N)[C@H]1C(=O)NC2=O. The van der Waals surface area contributed by atoms with Crippen LogP contribution in [0.4, 0.5) is 0 Å². The number of hydrogen-bond donors (Lipinski definition) is 1. The summed E-state index contributed by atoms with van der Waals surface area (Å²) in [6, 6.07) is 2.13. The van der Waals surface area contributed by atoms with Crippen molar-refractivity contribution in [3.63, 3.8) is 0 Å². The molecule has 2 fully saturated rings. The minimum absolute atomic E-state index is 0.176. The highest BCUT2D eigenvalue weighted by Gasteiger charge is 2.67. The monoisotopic (exact) mass is 266 g/mol. The molecule has 0 spiro atoms. The van der Waals surface area contributed by atoms with Crippen LogP contribution >= 0.6 is 11.8 Å². The first-order chi connectivity index (χ1) is 8.65. The minimum Gasteiger partial charge on any atom is -0.295 e. The number of thioether (sulfide) groups is 1. The molecule has 1 saturated heterocycles. The average Bonchev–Trinajstić information content (AvgIpc) is 2.48. The summed E-state index contributed by atoms with van der Waals surface area (Å²) in [6.45, 7) is 2.16. The highest BCUT2D eigenvalue weighted by atomic mass is 32.2. The van der Waals surface area contributed by atoms with Gasteiger partial charge in [-0.05, 0) is 18.6 Å². The van der Waals surface area contributed by atoms with Crippen molar-refractivity contribution in [1.29, 1.82) is 5.26 Å². The molecule has 2 aliphatic rings. The van der Waals surface area contributed by atoms with Crippen LogP contribution in [0.3, 0.4) is 0 Å². The van der Waals surface area contributed by atoms with E-state index >= 15 is 0 Å². The predicted octanol–water partition coefficient (Wildman–Crippen LogP) is 1.85. The van der Waals surface area contributed by atoms with E-state index in [1.54, 1.807) is 11.8 Å². The Balaban J connectivity index is 1.91. The van der Waals surface area contributed by atoms with Gasteiger partial charge in [0.05, 0.1) is 17.9 Å². The van der Waals surface area contributed by atoms with Gasteiger partial charge in [0.1, 0.15) is 4.75 Å². The first kappa shape index (κ1) is 13.4. The zero-order valence-electron chi connectivity index (χ0n) is 10.6. The summed E-state index contributed by atoms with van der Waals surface area (Å²) in [4.78, 5) is 23.5. The largest absolute Gasteiger partial charge is 0.295 e. The molecule has 0 aromatic carbocycles. The van der Waals surface area contributed by atoms with Gasteiger partial charge < -0.3 is 0 Å². The normalized spacial score (nSPS) is 33.6. The molecule has 1 aliphatic heterocycles. The number of nitrogens with zero attached hydrogens (tertiary/aromatic N) is 1. The highest BCUT2D eigenvalue weighted by Crippen LogP contribution is 2.55. The molecule has 1 N–H and O–H groups in total. The van der Waals surface area contributed by atoms with Crippen LogP contribution in [-0.4, -0.2) is 22.3 Å². The highest BCUT2D eigenvalue weighted by molar-refractivity contribution is 8.01. The van der Waals surface area contributed by atoms with E-state index in [1.165, 1.54) is 19.3 Å². The van der Waals surface area contributed by atoms with E-state index < -0.39 is 10.7 Å². The third kappa shape index (κ3) is 2.03. The van der Waals surface area contributed by atoms with Gasteiger partial charge in [0.15, 0.2) is 0 Å². The number of nitriles is 1. The van der Waals surface area contributed by atoms with Crippen LogP contribution in [0.25, 0.3) is 0 Å². The van der Waals surface area contributed by atoms with E-state index in [0.717, 1.165) is 12.2 Å². The predicted molar refractivity (Wildman–Crippen MR) is 69.7 cm³/mol. The van der Waals surface area contributed by atoms with Crippen LogP contribution in [0.1, 0.15) is 39.0 Å². The Morgan fingerprint density at radius 1 is 1.44 bits per heavy atom. The van der Waals surface area contributed by atoms with Gasteiger partial charge in [-0.3, -0.25) is 14.9 Å². The Morgan fingerprint density at radius 3 is 2.89 bits per heavy atom. The van der Waals surface area contributed by atoms with E-state index in [0.29, 0.717) is 6.42 Å². The molecule has 18 heavy (non-hydrogen) atoms. The lowest BCUT2D eigenvalue weighted by atomic mass is 9.66.